The van der Waals surface area contributed by atoms with Crippen LogP contribution in [0, 0.1) is 19.8 Å². The molecule has 0 radical (unpaired) electrons. The minimum absolute atomic E-state index is 0.215. The second kappa shape index (κ2) is 8.32. The molecule has 0 aliphatic carbocycles. The number of anilines is 1. The molecule has 0 aromatic heterocycles. The molecule has 1 aliphatic heterocycles. The van der Waals surface area contributed by atoms with Gasteiger partial charge < -0.3 is 0 Å². The highest BCUT2D eigenvalue weighted by molar-refractivity contribution is 7.89. The predicted molar refractivity (Wildman–Crippen MR) is 111 cm³/mol. The van der Waals surface area contributed by atoms with Crippen molar-refractivity contribution in [2.24, 2.45) is 5.92 Å². The lowest BCUT2D eigenvalue weighted by Gasteiger charge is -2.30. The molecular weight excluding hydrogens is 374 g/mol. The number of amides is 1. The Kier molecular flexibility index (Phi) is 6.05. The van der Waals surface area contributed by atoms with Crippen molar-refractivity contribution >= 4 is 21.6 Å². The first kappa shape index (κ1) is 20.4. The van der Waals surface area contributed by atoms with Gasteiger partial charge in [-0.3, -0.25) is 15.6 Å². The van der Waals surface area contributed by atoms with Gasteiger partial charge in [0.2, 0.25) is 10.0 Å². The third-order valence-electron chi connectivity index (χ3n) is 5.34. The van der Waals surface area contributed by atoms with Gasteiger partial charge in [-0.1, -0.05) is 25.1 Å². The van der Waals surface area contributed by atoms with Crippen molar-refractivity contribution in [3.05, 3.63) is 59.2 Å². The van der Waals surface area contributed by atoms with Gasteiger partial charge in [-0.05, 0) is 68.0 Å². The number of aryl methyl sites for hydroxylation is 1. The summed E-state index contributed by atoms with van der Waals surface area (Å²) in [4.78, 5) is 12.8. The van der Waals surface area contributed by atoms with Gasteiger partial charge in [0, 0.05) is 18.7 Å². The summed E-state index contributed by atoms with van der Waals surface area (Å²) in [5.74, 6) is 0.158. The van der Waals surface area contributed by atoms with Crippen LogP contribution in [0.1, 0.15) is 41.3 Å². The highest BCUT2D eigenvalue weighted by Gasteiger charge is 2.30. The Labute approximate surface area is 167 Å². The van der Waals surface area contributed by atoms with Crippen molar-refractivity contribution in [3.8, 4) is 0 Å². The standard InChI is InChI=1S/C21H27N3O3S/c1-15-9-11-24(12-10-15)28(26,27)20-14-18(13-16(2)17(20)3)21(25)23-22-19-7-5-4-6-8-19/h4-8,13-15,22H,9-12H2,1-3H3,(H,23,25). The van der Waals surface area contributed by atoms with Crippen molar-refractivity contribution in [1.82, 2.24) is 9.73 Å². The van der Waals surface area contributed by atoms with Crippen LogP contribution in [-0.2, 0) is 10.0 Å². The Balaban J connectivity index is 1.84. The maximum absolute atomic E-state index is 13.2. The average molecular weight is 402 g/mol. The number of nitrogens with one attached hydrogen (secondary N) is 2. The predicted octanol–water partition coefficient (Wildman–Crippen LogP) is 3.48. The van der Waals surface area contributed by atoms with E-state index in [-0.39, 0.29) is 10.8 Å². The molecule has 6 nitrogen and oxygen atoms in total. The van der Waals surface area contributed by atoms with Gasteiger partial charge in [-0.25, -0.2) is 8.42 Å². The number of carbonyl (C=O) groups is 1. The molecule has 1 saturated heterocycles. The molecule has 150 valence electrons. The lowest BCUT2D eigenvalue weighted by Crippen LogP contribution is -2.38. The van der Waals surface area contributed by atoms with Crippen LogP contribution in [0.5, 0.6) is 0 Å². The van der Waals surface area contributed by atoms with E-state index < -0.39 is 10.0 Å². The van der Waals surface area contributed by atoms with Crippen LogP contribution in [0.4, 0.5) is 5.69 Å². The number of benzene rings is 2. The van der Waals surface area contributed by atoms with Crippen molar-refractivity contribution < 1.29 is 13.2 Å². The number of sulfonamides is 1. The normalized spacial score (nSPS) is 16.0. The Morgan fingerprint density at radius 1 is 1.07 bits per heavy atom. The number of para-hydroxylation sites is 1. The first-order chi connectivity index (χ1) is 13.3. The zero-order chi connectivity index (χ0) is 20.3. The maximum atomic E-state index is 13.2. The van der Waals surface area contributed by atoms with Crippen molar-refractivity contribution in [1.29, 1.82) is 0 Å². The molecule has 0 saturated carbocycles. The number of hydrogen-bond acceptors (Lipinski definition) is 4. The van der Waals surface area contributed by atoms with Crippen LogP contribution in [-0.4, -0.2) is 31.7 Å². The van der Waals surface area contributed by atoms with Gasteiger partial charge in [-0.2, -0.15) is 4.31 Å². The molecule has 1 heterocycles. The van der Waals surface area contributed by atoms with E-state index in [0.717, 1.165) is 24.1 Å². The Morgan fingerprint density at radius 3 is 2.36 bits per heavy atom. The summed E-state index contributed by atoms with van der Waals surface area (Å²) >= 11 is 0. The lowest BCUT2D eigenvalue weighted by molar-refractivity contribution is 0.0962. The fraction of sp³-hybridized carbons (Fsp3) is 0.381. The highest BCUT2D eigenvalue weighted by atomic mass is 32.2. The molecule has 3 rings (SSSR count). The van der Waals surface area contributed by atoms with Crippen LogP contribution in [0.15, 0.2) is 47.4 Å². The summed E-state index contributed by atoms with van der Waals surface area (Å²) in [6, 6.07) is 12.5. The number of carbonyl (C=O) groups excluding carboxylic acids is 1. The van der Waals surface area contributed by atoms with E-state index >= 15 is 0 Å². The van der Waals surface area contributed by atoms with Gasteiger partial charge in [0.05, 0.1) is 10.6 Å². The molecule has 2 aromatic rings. The van der Waals surface area contributed by atoms with Gasteiger partial charge in [0.15, 0.2) is 0 Å². The molecule has 0 unspecified atom stereocenters. The molecule has 0 atom stereocenters. The molecule has 28 heavy (non-hydrogen) atoms. The van der Waals surface area contributed by atoms with Crippen molar-refractivity contribution in [2.45, 2.75) is 38.5 Å². The number of piperidine rings is 1. The molecule has 2 aromatic carbocycles. The maximum Gasteiger partial charge on any atom is 0.269 e. The molecular formula is C21H27N3O3S. The van der Waals surface area contributed by atoms with E-state index in [1.165, 1.54) is 6.07 Å². The topological polar surface area (TPSA) is 78.5 Å². The number of hydrogen-bond donors (Lipinski definition) is 2. The fourth-order valence-corrected chi connectivity index (χ4v) is 5.11. The van der Waals surface area contributed by atoms with Gasteiger partial charge in [-0.15, -0.1) is 0 Å². The molecule has 0 bridgehead atoms. The van der Waals surface area contributed by atoms with Gasteiger partial charge >= 0.3 is 0 Å². The third kappa shape index (κ3) is 4.36. The van der Waals surface area contributed by atoms with E-state index in [2.05, 4.69) is 17.8 Å². The molecule has 0 spiro atoms. The van der Waals surface area contributed by atoms with Crippen LogP contribution < -0.4 is 10.9 Å². The molecule has 1 fully saturated rings. The Morgan fingerprint density at radius 2 is 1.71 bits per heavy atom. The first-order valence-electron chi connectivity index (χ1n) is 9.52. The second-order valence-electron chi connectivity index (χ2n) is 7.45. The zero-order valence-electron chi connectivity index (χ0n) is 16.5. The van der Waals surface area contributed by atoms with E-state index in [9.17, 15) is 13.2 Å². The van der Waals surface area contributed by atoms with Crippen LogP contribution in [0.25, 0.3) is 0 Å². The molecule has 1 aliphatic rings. The fourth-order valence-electron chi connectivity index (χ4n) is 3.31. The average Bonchev–Trinajstić information content (AvgIpc) is 2.69. The molecule has 1 amide bonds. The minimum Gasteiger partial charge on any atom is -0.298 e. The van der Waals surface area contributed by atoms with Crippen molar-refractivity contribution in [2.75, 3.05) is 18.5 Å². The minimum atomic E-state index is -3.63. The van der Waals surface area contributed by atoms with Crippen molar-refractivity contribution in [3.63, 3.8) is 0 Å². The second-order valence-corrected chi connectivity index (χ2v) is 9.35. The summed E-state index contributed by atoms with van der Waals surface area (Å²) in [6.07, 6.45) is 1.72. The van der Waals surface area contributed by atoms with Gasteiger partial charge in [0.1, 0.15) is 0 Å². The van der Waals surface area contributed by atoms with Crippen LogP contribution in [0.3, 0.4) is 0 Å². The van der Waals surface area contributed by atoms with Crippen LogP contribution in [0.2, 0.25) is 0 Å². The summed E-state index contributed by atoms with van der Waals surface area (Å²) in [5.41, 5.74) is 7.99. The van der Waals surface area contributed by atoms with E-state index in [1.807, 2.05) is 37.3 Å². The largest absolute Gasteiger partial charge is 0.298 e. The zero-order valence-corrected chi connectivity index (χ0v) is 17.3. The number of nitrogens with zero attached hydrogens (tertiary/aromatic N) is 1. The summed E-state index contributed by atoms with van der Waals surface area (Å²) in [6.45, 7) is 6.80. The van der Waals surface area contributed by atoms with E-state index in [1.54, 1.807) is 17.3 Å². The summed E-state index contributed by atoms with van der Waals surface area (Å²) in [7, 11) is -3.63. The SMILES string of the molecule is Cc1cc(C(=O)NNc2ccccc2)cc(S(=O)(=O)N2CCC(C)CC2)c1C. The summed E-state index contributed by atoms with van der Waals surface area (Å²) < 4.78 is 27.9. The number of hydrazine groups is 1. The molecule has 2 N–H and O–H groups in total. The highest BCUT2D eigenvalue weighted by Crippen LogP contribution is 2.28. The van der Waals surface area contributed by atoms with E-state index in [4.69, 9.17) is 0 Å². The quantitative estimate of drug-likeness (QED) is 0.752. The first-order valence-corrected chi connectivity index (χ1v) is 11.0. The van der Waals surface area contributed by atoms with E-state index in [0.29, 0.717) is 30.1 Å². The lowest BCUT2D eigenvalue weighted by atomic mass is 10.0. The monoisotopic (exact) mass is 401 g/mol. The Hall–Kier alpha value is -2.38. The Bertz CT molecular complexity index is 950. The van der Waals surface area contributed by atoms with Crippen LogP contribution >= 0.6 is 0 Å². The summed E-state index contributed by atoms with van der Waals surface area (Å²) in [5, 5.41) is 0. The smallest absolute Gasteiger partial charge is 0.269 e. The third-order valence-corrected chi connectivity index (χ3v) is 7.36. The van der Waals surface area contributed by atoms with Gasteiger partial charge in [0.25, 0.3) is 5.91 Å². The molecule has 7 heteroatoms. The number of rotatable bonds is 5.